The fourth-order valence-electron chi connectivity index (χ4n) is 1.35. The maximum atomic E-state index is 11.2. The van der Waals surface area contributed by atoms with Gasteiger partial charge in [0.15, 0.2) is 6.10 Å². The van der Waals surface area contributed by atoms with Crippen molar-refractivity contribution in [3.05, 3.63) is 0 Å². The quantitative estimate of drug-likeness (QED) is 0.604. The lowest BCUT2D eigenvalue weighted by atomic mass is 10.0. The van der Waals surface area contributed by atoms with Gasteiger partial charge in [-0.15, -0.1) is 0 Å². The van der Waals surface area contributed by atoms with Gasteiger partial charge < -0.3 is 9.47 Å². The van der Waals surface area contributed by atoms with Crippen LogP contribution in [0.15, 0.2) is 0 Å². The van der Waals surface area contributed by atoms with Gasteiger partial charge in [0.2, 0.25) is 0 Å². The van der Waals surface area contributed by atoms with Crippen LogP contribution in [0.5, 0.6) is 0 Å². The number of cyclic esters (lactones) is 1. The summed E-state index contributed by atoms with van der Waals surface area (Å²) in [5.41, 5.74) is 0. The molecule has 1 heterocycles. The van der Waals surface area contributed by atoms with Gasteiger partial charge in [0.1, 0.15) is 6.10 Å². The van der Waals surface area contributed by atoms with E-state index >= 15 is 0 Å². The van der Waals surface area contributed by atoms with Crippen molar-refractivity contribution in [2.75, 3.05) is 0 Å². The molecule has 0 aromatic heterocycles. The molecule has 0 aromatic carbocycles. The average molecular weight is 186 g/mol. The molecule has 0 unspecified atom stereocenters. The van der Waals surface area contributed by atoms with Crippen LogP contribution in [-0.4, -0.2) is 24.1 Å². The standard InChI is InChI=1S/C9H14O4/c1-3-7-4-5-8(9(11)13-7)12-6(2)10/h7-8H,3-5H2,1-2H3/t7-,8+/m0/s1. The number of esters is 2. The van der Waals surface area contributed by atoms with E-state index in [4.69, 9.17) is 9.47 Å². The van der Waals surface area contributed by atoms with Crippen LogP contribution in [0.1, 0.15) is 33.1 Å². The van der Waals surface area contributed by atoms with Gasteiger partial charge in [0.05, 0.1) is 0 Å². The maximum absolute atomic E-state index is 11.2. The van der Waals surface area contributed by atoms with Crippen LogP contribution in [-0.2, 0) is 19.1 Å². The van der Waals surface area contributed by atoms with Gasteiger partial charge >= 0.3 is 11.9 Å². The van der Waals surface area contributed by atoms with E-state index in [9.17, 15) is 9.59 Å². The summed E-state index contributed by atoms with van der Waals surface area (Å²) < 4.78 is 9.82. The molecule has 1 fully saturated rings. The molecule has 0 radical (unpaired) electrons. The zero-order valence-corrected chi connectivity index (χ0v) is 7.91. The lowest BCUT2D eigenvalue weighted by Crippen LogP contribution is -2.37. The van der Waals surface area contributed by atoms with Crippen LogP contribution in [0.25, 0.3) is 0 Å². The highest BCUT2D eigenvalue weighted by atomic mass is 16.6. The van der Waals surface area contributed by atoms with Crippen molar-refractivity contribution >= 4 is 11.9 Å². The van der Waals surface area contributed by atoms with Crippen molar-refractivity contribution in [1.82, 2.24) is 0 Å². The Morgan fingerprint density at radius 3 is 2.77 bits per heavy atom. The van der Waals surface area contributed by atoms with E-state index < -0.39 is 18.0 Å². The Bertz CT molecular complexity index is 212. The van der Waals surface area contributed by atoms with E-state index in [1.165, 1.54) is 6.92 Å². The summed E-state index contributed by atoms with van der Waals surface area (Å²) in [6.45, 7) is 3.25. The third kappa shape index (κ3) is 2.72. The second kappa shape index (κ2) is 4.25. The van der Waals surface area contributed by atoms with E-state index in [0.717, 1.165) is 12.8 Å². The van der Waals surface area contributed by atoms with Crippen LogP contribution < -0.4 is 0 Å². The van der Waals surface area contributed by atoms with Crippen molar-refractivity contribution in [2.24, 2.45) is 0 Å². The monoisotopic (exact) mass is 186 g/mol. The molecule has 0 saturated carbocycles. The summed E-state index contributed by atoms with van der Waals surface area (Å²) in [5.74, 6) is -0.842. The minimum atomic E-state index is -0.680. The Hall–Kier alpha value is -1.06. The van der Waals surface area contributed by atoms with E-state index in [0.29, 0.717) is 6.42 Å². The predicted octanol–water partition coefficient (Wildman–Crippen LogP) is 1.03. The Labute approximate surface area is 77.2 Å². The number of ether oxygens (including phenoxy) is 2. The normalized spacial score (nSPS) is 28.0. The van der Waals surface area contributed by atoms with Crippen molar-refractivity contribution in [1.29, 1.82) is 0 Å². The first-order valence-corrected chi connectivity index (χ1v) is 4.51. The van der Waals surface area contributed by atoms with Gasteiger partial charge in [-0.05, 0) is 19.3 Å². The molecular weight excluding hydrogens is 172 g/mol. The molecular formula is C9H14O4. The molecule has 4 heteroatoms. The van der Waals surface area contributed by atoms with Crippen molar-refractivity contribution in [3.8, 4) is 0 Å². The predicted molar refractivity (Wildman–Crippen MR) is 45.0 cm³/mol. The lowest BCUT2D eigenvalue weighted by molar-refractivity contribution is -0.177. The van der Waals surface area contributed by atoms with Gasteiger partial charge in [0, 0.05) is 6.92 Å². The summed E-state index contributed by atoms with van der Waals surface area (Å²) in [7, 11) is 0. The van der Waals surface area contributed by atoms with Gasteiger partial charge in [0.25, 0.3) is 0 Å². The van der Waals surface area contributed by atoms with Gasteiger partial charge in [-0.3, -0.25) is 4.79 Å². The third-order valence-electron chi connectivity index (χ3n) is 2.06. The summed E-state index contributed by atoms with van der Waals surface area (Å²) in [5, 5.41) is 0. The molecule has 1 rings (SSSR count). The SMILES string of the molecule is CC[C@H]1CC[C@@H](OC(C)=O)C(=O)O1. The molecule has 2 atom stereocenters. The minimum Gasteiger partial charge on any atom is -0.460 e. The molecule has 0 aromatic rings. The minimum absolute atomic E-state index is 0.000641. The van der Waals surface area contributed by atoms with Crippen LogP contribution in [0.3, 0.4) is 0 Å². The first-order chi connectivity index (χ1) is 6.13. The molecule has 74 valence electrons. The summed E-state index contributed by atoms with van der Waals surface area (Å²) in [4.78, 5) is 21.8. The molecule has 13 heavy (non-hydrogen) atoms. The number of carbonyl (C=O) groups is 2. The Balaban J connectivity index is 2.44. The van der Waals surface area contributed by atoms with E-state index in [2.05, 4.69) is 0 Å². The zero-order chi connectivity index (χ0) is 9.84. The lowest BCUT2D eigenvalue weighted by Gasteiger charge is -2.26. The van der Waals surface area contributed by atoms with E-state index in [1.54, 1.807) is 0 Å². The average Bonchev–Trinajstić information content (AvgIpc) is 2.08. The summed E-state index contributed by atoms with van der Waals surface area (Å²) in [6.07, 6.45) is 1.50. The third-order valence-corrected chi connectivity index (χ3v) is 2.06. The molecule has 1 aliphatic heterocycles. The highest BCUT2D eigenvalue weighted by Gasteiger charge is 2.31. The smallest absolute Gasteiger partial charge is 0.347 e. The molecule has 0 aliphatic carbocycles. The molecule has 0 amide bonds. The Kier molecular flexibility index (Phi) is 3.28. The van der Waals surface area contributed by atoms with Crippen molar-refractivity contribution in [2.45, 2.75) is 45.3 Å². The topological polar surface area (TPSA) is 52.6 Å². The first kappa shape index (κ1) is 10.0. The fourth-order valence-corrected chi connectivity index (χ4v) is 1.35. The van der Waals surface area contributed by atoms with Crippen LogP contribution in [0.2, 0.25) is 0 Å². The summed E-state index contributed by atoms with van der Waals surface area (Å²) >= 11 is 0. The Morgan fingerprint density at radius 2 is 2.31 bits per heavy atom. The number of hydrogen-bond donors (Lipinski definition) is 0. The fraction of sp³-hybridized carbons (Fsp3) is 0.778. The van der Waals surface area contributed by atoms with Crippen LogP contribution in [0.4, 0.5) is 0 Å². The highest BCUT2D eigenvalue weighted by molar-refractivity contribution is 5.79. The second-order valence-corrected chi connectivity index (χ2v) is 3.14. The molecule has 1 saturated heterocycles. The maximum Gasteiger partial charge on any atom is 0.347 e. The zero-order valence-electron chi connectivity index (χ0n) is 7.91. The molecule has 4 nitrogen and oxygen atoms in total. The summed E-state index contributed by atoms with van der Waals surface area (Å²) in [6, 6.07) is 0. The molecule has 0 bridgehead atoms. The van der Waals surface area contributed by atoms with Gasteiger partial charge in [-0.1, -0.05) is 6.92 Å². The largest absolute Gasteiger partial charge is 0.460 e. The number of rotatable bonds is 2. The second-order valence-electron chi connectivity index (χ2n) is 3.14. The van der Waals surface area contributed by atoms with Gasteiger partial charge in [-0.2, -0.15) is 0 Å². The van der Waals surface area contributed by atoms with Crippen molar-refractivity contribution in [3.63, 3.8) is 0 Å². The number of carbonyl (C=O) groups excluding carboxylic acids is 2. The van der Waals surface area contributed by atoms with Crippen molar-refractivity contribution < 1.29 is 19.1 Å². The molecule has 0 spiro atoms. The van der Waals surface area contributed by atoms with E-state index in [-0.39, 0.29) is 6.10 Å². The molecule has 1 aliphatic rings. The number of hydrogen-bond acceptors (Lipinski definition) is 4. The van der Waals surface area contributed by atoms with E-state index in [1.807, 2.05) is 6.92 Å². The van der Waals surface area contributed by atoms with Crippen LogP contribution >= 0.6 is 0 Å². The van der Waals surface area contributed by atoms with Gasteiger partial charge in [-0.25, -0.2) is 4.79 Å². The van der Waals surface area contributed by atoms with Crippen LogP contribution in [0, 0.1) is 0 Å². The first-order valence-electron chi connectivity index (χ1n) is 4.51. The highest BCUT2D eigenvalue weighted by Crippen LogP contribution is 2.19. The molecule has 0 N–H and O–H groups in total. The Morgan fingerprint density at radius 1 is 1.62 bits per heavy atom.